The summed E-state index contributed by atoms with van der Waals surface area (Å²) in [6.45, 7) is 0. The Hall–Kier alpha value is -0.950. The van der Waals surface area contributed by atoms with E-state index in [0.717, 1.165) is 6.20 Å². The van der Waals surface area contributed by atoms with Crippen LogP contribution in [0.4, 0.5) is 0 Å². The van der Waals surface area contributed by atoms with Gasteiger partial charge in [-0.05, 0) is 0 Å². The summed E-state index contributed by atoms with van der Waals surface area (Å²) in [5, 5.41) is 13.0. The first-order valence-electron chi connectivity index (χ1n) is 1.99. The first kappa shape index (κ1) is 6.17. The largest absolute Gasteiger partial charge is 0.259 e. The summed E-state index contributed by atoms with van der Waals surface area (Å²) in [5.41, 5.74) is 0. The maximum atomic E-state index is 10.3. The fraction of sp³-hybridized carbons (Fsp3) is 0. The molecule has 0 saturated carbocycles. The highest BCUT2D eigenvalue weighted by Gasteiger charge is 2.08. The van der Waals surface area contributed by atoms with Crippen molar-refractivity contribution in [3.8, 4) is 0 Å². The average Bonchev–Trinajstić information content (AvgIpc) is 2.08. The SMILES string of the molecule is NS(=O)(=O)c1cn[nH]n1. The lowest BCUT2D eigenvalue weighted by Gasteiger charge is -1.83. The Morgan fingerprint density at radius 3 is 2.56 bits per heavy atom. The molecule has 0 aliphatic carbocycles. The van der Waals surface area contributed by atoms with Crippen molar-refractivity contribution in [1.29, 1.82) is 0 Å². The standard InChI is InChI=1S/C2H4N4O2S/c3-9(7,8)2-1-4-6-5-2/h1H,(H2,3,7,8)(H,4,5,6). The maximum Gasteiger partial charge on any atom is 0.259 e. The number of aromatic amines is 1. The number of hydrogen-bond acceptors (Lipinski definition) is 4. The molecule has 6 nitrogen and oxygen atoms in total. The zero-order valence-electron chi connectivity index (χ0n) is 4.27. The topological polar surface area (TPSA) is 102 Å². The molecular weight excluding hydrogens is 144 g/mol. The van der Waals surface area contributed by atoms with Crippen LogP contribution in [0.5, 0.6) is 0 Å². The number of nitrogens with two attached hydrogens (primary N) is 1. The van der Waals surface area contributed by atoms with Gasteiger partial charge in [0.2, 0.25) is 5.03 Å². The predicted molar refractivity (Wildman–Crippen MR) is 27.8 cm³/mol. The Labute approximate surface area is 51.1 Å². The van der Waals surface area contributed by atoms with Crippen LogP contribution in [0.15, 0.2) is 11.2 Å². The van der Waals surface area contributed by atoms with Crippen LogP contribution in [0.25, 0.3) is 0 Å². The summed E-state index contributed by atoms with van der Waals surface area (Å²) in [7, 11) is -3.66. The summed E-state index contributed by atoms with van der Waals surface area (Å²) < 4.78 is 20.7. The molecule has 0 fully saturated rings. The van der Waals surface area contributed by atoms with Crippen LogP contribution < -0.4 is 5.14 Å². The van der Waals surface area contributed by atoms with Gasteiger partial charge in [-0.1, -0.05) is 0 Å². The quantitative estimate of drug-likeness (QED) is 0.503. The summed E-state index contributed by atoms with van der Waals surface area (Å²) in [5.74, 6) is 0. The molecule has 0 aromatic carbocycles. The molecule has 0 aliphatic heterocycles. The number of sulfonamides is 1. The first-order chi connectivity index (χ1) is 4.11. The van der Waals surface area contributed by atoms with Gasteiger partial charge in [-0.25, -0.2) is 13.6 Å². The molecule has 0 bridgehead atoms. The van der Waals surface area contributed by atoms with Gasteiger partial charge >= 0.3 is 0 Å². The summed E-state index contributed by atoms with van der Waals surface area (Å²) >= 11 is 0. The number of nitrogens with zero attached hydrogens (tertiary/aromatic N) is 2. The van der Waals surface area contributed by atoms with E-state index < -0.39 is 10.0 Å². The van der Waals surface area contributed by atoms with Crippen molar-refractivity contribution in [2.24, 2.45) is 5.14 Å². The molecule has 0 unspecified atom stereocenters. The second-order valence-corrected chi connectivity index (χ2v) is 2.86. The fourth-order valence-electron chi connectivity index (χ4n) is 0.328. The van der Waals surface area contributed by atoms with E-state index in [-0.39, 0.29) is 5.03 Å². The predicted octanol–water partition coefficient (Wildman–Crippen LogP) is -1.55. The number of aromatic nitrogens is 3. The third-order valence-corrected chi connectivity index (χ3v) is 1.46. The minimum absolute atomic E-state index is 0.248. The van der Waals surface area contributed by atoms with Gasteiger partial charge in [0.05, 0.1) is 6.20 Å². The van der Waals surface area contributed by atoms with E-state index in [1.54, 1.807) is 0 Å². The fourth-order valence-corrected chi connectivity index (χ4v) is 0.696. The zero-order valence-corrected chi connectivity index (χ0v) is 5.09. The van der Waals surface area contributed by atoms with Crippen molar-refractivity contribution in [2.75, 3.05) is 0 Å². The molecule has 0 spiro atoms. The molecule has 1 aromatic heterocycles. The molecular formula is C2H4N4O2S. The number of nitrogens with one attached hydrogen (secondary N) is 1. The van der Waals surface area contributed by atoms with E-state index in [1.807, 2.05) is 0 Å². The van der Waals surface area contributed by atoms with Crippen LogP contribution in [-0.4, -0.2) is 23.8 Å². The molecule has 3 N–H and O–H groups in total. The third kappa shape index (κ3) is 1.24. The Morgan fingerprint density at radius 2 is 2.33 bits per heavy atom. The molecule has 50 valence electrons. The molecule has 7 heteroatoms. The van der Waals surface area contributed by atoms with Gasteiger partial charge < -0.3 is 0 Å². The molecule has 1 heterocycles. The van der Waals surface area contributed by atoms with Crippen molar-refractivity contribution >= 4 is 10.0 Å². The molecule has 0 amide bonds. The molecule has 1 aromatic rings. The lowest BCUT2D eigenvalue weighted by molar-refractivity contribution is 0.593. The molecule has 0 atom stereocenters. The van der Waals surface area contributed by atoms with Crippen molar-refractivity contribution in [3.05, 3.63) is 6.20 Å². The van der Waals surface area contributed by atoms with Crippen LogP contribution in [0.1, 0.15) is 0 Å². The lowest BCUT2D eigenvalue weighted by Crippen LogP contribution is -2.12. The van der Waals surface area contributed by atoms with Crippen LogP contribution in [-0.2, 0) is 10.0 Å². The number of H-pyrrole nitrogens is 1. The first-order valence-corrected chi connectivity index (χ1v) is 3.54. The Kier molecular flexibility index (Phi) is 1.22. The molecule has 9 heavy (non-hydrogen) atoms. The maximum absolute atomic E-state index is 10.3. The van der Waals surface area contributed by atoms with Gasteiger partial charge in [0.25, 0.3) is 10.0 Å². The second-order valence-electron chi connectivity index (χ2n) is 1.35. The minimum atomic E-state index is -3.66. The monoisotopic (exact) mass is 148 g/mol. The Balaban J connectivity index is 3.20. The summed E-state index contributed by atoms with van der Waals surface area (Å²) in [4.78, 5) is 0. The van der Waals surface area contributed by atoms with Gasteiger partial charge in [-0.3, -0.25) is 0 Å². The third-order valence-electron chi connectivity index (χ3n) is 0.684. The van der Waals surface area contributed by atoms with Crippen molar-refractivity contribution in [3.63, 3.8) is 0 Å². The number of hydrogen-bond donors (Lipinski definition) is 2. The smallest absolute Gasteiger partial charge is 0.223 e. The number of primary sulfonamides is 1. The Morgan fingerprint density at radius 1 is 1.67 bits per heavy atom. The second kappa shape index (κ2) is 1.78. The number of rotatable bonds is 1. The molecule has 0 saturated heterocycles. The van der Waals surface area contributed by atoms with Gasteiger partial charge in [0.15, 0.2) is 0 Å². The molecule has 0 aliphatic rings. The van der Waals surface area contributed by atoms with E-state index in [0.29, 0.717) is 0 Å². The van der Waals surface area contributed by atoms with E-state index >= 15 is 0 Å². The average molecular weight is 148 g/mol. The highest BCUT2D eigenvalue weighted by atomic mass is 32.2. The normalized spacial score (nSPS) is 11.7. The van der Waals surface area contributed by atoms with E-state index in [4.69, 9.17) is 0 Å². The van der Waals surface area contributed by atoms with Crippen molar-refractivity contribution in [2.45, 2.75) is 5.03 Å². The van der Waals surface area contributed by atoms with Crippen LogP contribution in [0, 0.1) is 0 Å². The van der Waals surface area contributed by atoms with Gasteiger partial charge in [0, 0.05) is 0 Å². The van der Waals surface area contributed by atoms with Crippen LogP contribution in [0.3, 0.4) is 0 Å². The van der Waals surface area contributed by atoms with Crippen molar-refractivity contribution in [1.82, 2.24) is 15.4 Å². The Bertz CT molecular complexity index is 274. The highest BCUT2D eigenvalue weighted by molar-refractivity contribution is 7.89. The molecule has 1 rings (SSSR count). The van der Waals surface area contributed by atoms with Crippen molar-refractivity contribution < 1.29 is 8.42 Å². The van der Waals surface area contributed by atoms with Crippen LogP contribution >= 0.6 is 0 Å². The summed E-state index contributed by atoms with van der Waals surface area (Å²) in [6.07, 6.45) is 1.04. The van der Waals surface area contributed by atoms with Crippen LogP contribution in [0.2, 0.25) is 0 Å². The van der Waals surface area contributed by atoms with E-state index in [2.05, 4.69) is 20.5 Å². The lowest BCUT2D eigenvalue weighted by atomic mass is 11.0. The highest BCUT2D eigenvalue weighted by Crippen LogP contribution is 1.94. The van der Waals surface area contributed by atoms with E-state index in [1.165, 1.54) is 0 Å². The zero-order chi connectivity index (χ0) is 6.91. The minimum Gasteiger partial charge on any atom is -0.223 e. The van der Waals surface area contributed by atoms with Gasteiger partial charge in [-0.15, -0.1) is 5.10 Å². The van der Waals surface area contributed by atoms with E-state index in [9.17, 15) is 8.42 Å². The van der Waals surface area contributed by atoms with Gasteiger partial charge in [0.1, 0.15) is 0 Å². The van der Waals surface area contributed by atoms with Gasteiger partial charge in [-0.2, -0.15) is 10.3 Å². The molecule has 0 radical (unpaired) electrons. The summed E-state index contributed by atoms with van der Waals surface area (Å²) in [6, 6.07) is 0.